The molecule has 206 valence electrons. The smallest absolute Gasteiger partial charge is 0.302 e. The SMILES string of the molecule is CC(=O)OC[C@H](C)CCC1=C(C)[C@H]2[C@H](C[C@H]3[C@@H]4CC[C@H]5C[C@H](OC(C)=O)CC[C@]5(C)[C@@H]4CC(=O)[C@@]32C)O1. The van der Waals surface area contributed by atoms with E-state index in [0.717, 1.165) is 44.3 Å². The van der Waals surface area contributed by atoms with E-state index in [1.807, 2.05) is 0 Å². The number of ether oxygens (including phenoxy) is 3. The Morgan fingerprint density at radius 3 is 2.54 bits per heavy atom. The van der Waals surface area contributed by atoms with Crippen LogP contribution in [0.25, 0.3) is 0 Å². The monoisotopic (exact) mass is 514 g/mol. The van der Waals surface area contributed by atoms with Gasteiger partial charge >= 0.3 is 11.9 Å². The van der Waals surface area contributed by atoms with Gasteiger partial charge in [0.15, 0.2) is 0 Å². The lowest BCUT2D eigenvalue weighted by molar-refractivity contribution is -0.165. The molecule has 0 bridgehead atoms. The van der Waals surface area contributed by atoms with Crippen molar-refractivity contribution in [1.29, 1.82) is 0 Å². The molecule has 6 heteroatoms. The number of hydrogen-bond donors (Lipinski definition) is 0. The molecule has 1 heterocycles. The molecular weight excluding hydrogens is 468 g/mol. The molecule has 0 amide bonds. The number of esters is 2. The van der Waals surface area contributed by atoms with E-state index in [0.29, 0.717) is 42.5 Å². The van der Waals surface area contributed by atoms with Crippen LogP contribution in [0.4, 0.5) is 0 Å². The molecular formula is C31H46O6. The number of Topliss-reactive ketones (excluding diaryl/α,β-unsaturated/α-hetero) is 1. The fourth-order valence-electron chi connectivity index (χ4n) is 9.55. The standard InChI is InChI=1S/C31H46O6/c1-17(16-35-19(3)32)7-10-26-18(2)29-27(37-26)14-25-23-9-8-21-13-22(36-20(4)33)11-12-30(21,5)24(23)15-28(34)31(25,29)6/h17,21-25,27,29H,7-16H2,1-6H3/t17-,21+,22-,23-,24-,25+,27+,29+,30+,31-/m1/s1. The van der Waals surface area contributed by atoms with Crippen molar-refractivity contribution >= 4 is 17.7 Å². The van der Waals surface area contributed by atoms with Gasteiger partial charge in [0.1, 0.15) is 18.0 Å². The van der Waals surface area contributed by atoms with E-state index in [1.54, 1.807) is 0 Å². The van der Waals surface area contributed by atoms with Gasteiger partial charge in [-0.3, -0.25) is 14.4 Å². The Morgan fingerprint density at radius 1 is 1.08 bits per heavy atom. The Labute approximate surface area is 222 Å². The summed E-state index contributed by atoms with van der Waals surface area (Å²) < 4.78 is 17.4. The maximum Gasteiger partial charge on any atom is 0.302 e. The molecule has 0 aromatic rings. The first-order valence-electron chi connectivity index (χ1n) is 14.6. The molecule has 4 aliphatic carbocycles. The molecule has 0 aromatic carbocycles. The van der Waals surface area contributed by atoms with Gasteiger partial charge in [0.05, 0.1) is 12.4 Å². The molecule has 10 atom stereocenters. The third-order valence-corrected chi connectivity index (χ3v) is 11.5. The highest BCUT2D eigenvalue weighted by atomic mass is 16.5. The van der Waals surface area contributed by atoms with Crippen molar-refractivity contribution in [2.45, 2.75) is 112 Å². The summed E-state index contributed by atoms with van der Waals surface area (Å²) in [6.45, 7) is 12.4. The minimum Gasteiger partial charge on any atom is -0.494 e. The van der Waals surface area contributed by atoms with Gasteiger partial charge in [0.25, 0.3) is 0 Å². The van der Waals surface area contributed by atoms with Crippen LogP contribution in [0.3, 0.4) is 0 Å². The second-order valence-electron chi connectivity index (χ2n) is 13.5. The van der Waals surface area contributed by atoms with E-state index in [-0.39, 0.29) is 46.8 Å². The van der Waals surface area contributed by atoms with E-state index in [9.17, 15) is 14.4 Å². The number of carbonyl (C=O) groups excluding carboxylic acids is 3. The van der Waals surface area contributed by atoms with Gasteiger partial charge in [0.2, 0.25) is 0 Å². The van der Waals surface area contributed by atoms with Crippen molar-refractivity contribution in [3.8, 4) is 0 Å². The van der Waals surface area contributed by atoms with Crippen LogP contribution < -0.4 is 0 Å². The third kappa shape index (κ3) is 4.44. The number of hydrogen-bond acceptors (Lipinski definition) is 6. The molecule has 4 saturated carbocycles. The molecule has 5 rings (SSSR count). The van der Waals surface area contributed by atoms with Crippen LogP contribution in [-0.2, 0) is 28.6 Å². The van der Waals surface area contributed by atoms with Gasteiger partial charge in [0, 0.05) is 38.0 Å². The summed E-state index contributed by atoms with van der Waals surface area (Å²) in [7, 11) is 0. The zero-order valence-corrected chi connectivity index (χ0v) is 23.6. The molecule has 6 nitrogen and oxygen atoms in total. The van der Waals surface area contributed by atoms with Crippen molar-refractivity contribution in [2.75, 3.05) is 6.61 Å². The summed E-state index contributed by atoms with van der Waals surface area (Å²) >= 11 is 0. The largest absolute Gasteiger partial charge is 0.494 e. The summed E-state index contributed by atoms with van der Waals surface area (Å²) in [6, 6.07) is 0. The summed E-state index contributed by atoms with van der Waals surface area (Å²) in [5.41, 5.74) is 1.10. The van der Waals surface area contributed by atoms with Gasteiger partial charge in [-0.25, -0.2) is 0 Å². The van der Waals surface area contributed by atoms with Crippen molar-refractivity contribution in [3.05, 3.63) is 11.3 Å². The molecule has 0 saturated heterocycles. The predicted molar refractivity (Wildman–Crippen MR) is 139 cm³/mol. The van der Waals surface area contributed by atoms with Crippen molar-refractivity contribution < 1.29 is 28.6 Å². The van der Waals surface area contributed by atoms with Crippen LogP contribution in [0.5, 0.6) is 0 Å². The van der Waals surface area contributed by atoms with Gasteiger partial charge in [-0.1, -0.05) is 20.8 Å². The second kappa shape index (κ2) is 9.72. The lowest BCUT2D eigenvalue weighted by atomic mass is 9.44. The fourth-order valence-corrected chi connectivity index (χ4v) is 9.55. The van der Waals surface area contributed by atoms with Crippen molar-refractivity contribution in [2.24, 2.45) is 46.3 Å². The molecule has 0 N–H and O–H groups in total. The molecule has 4 fully saturated rings. The average molecular weight is 515 g/mol. The topological polar surface area (TPSA) is 78.9 Å². The zero-order chi connectivity index (χ0) is 26.7. The molecule has 0 aromatic heterocycles. The molecule has 37 heavy (non-hydrogen) atoms. The van der Waals surface area contributed by atoms with E-state index < -0.39 is 0 Å². The first-order chi connectivity index (χ1) is 17.4. The quantitative estimate of drug-likeness (QED) is 0.404. The van der Waals surface area contributed by atoms with Crippen LogP contribution in [0.15, 0.2) is 11.3 Å². The van der Waals surface area contributed by atoms with Crippen LogP contribution in [0.2, 0.25) is 0 Å². The predicted octanol–water partition coefficient (Wildman–Crippen LogP) is 6.02. The Kier molecular flexibility index (Phi) is 7.02. The second-order valence-corrected chi connectivity index (χ2v) is 13.5. The van der Waals surface area contributed by atoms with Crippen LogP contribution in [-0.4, -0.2) is 36.5 Å². The van der Waals surface area contributed by atoms with E-state index in [1.165, 1.54) is 32.3 Å². The fraction of sp³-hybridized carbons (Fsp3) is 0.839. The lowest BCUT2D eigenvalue weighted by Gasteiger charge is -2.60. The Bertz CT molecular complexity index is 984. The number of rotatable bonds is 6. The number of ketones is 1. The highest BCUT2D eigenvalue weighted by molar-refractivity contribution is 5.87. The van der Waals surface area contributed by atoms with Crippen LogP contribution in [0.1, 0.15) is 99.3 Å². The molecule has 0 spiro atoms. The van der Waals surface area contributed by atoms with Gasteiger partial charge in [-0.2, -0.15) is 0 Å². The first kappa shape index (κ1) is 26.7. The summed E-state index contributed by atoms with van der Waals surface area (Å²) in [5, 5.41) is 0. The minimum atomic E-state index is -0.334. The van der Waals surface area contributed by atoms with Crippen molar-refractivity contribution in [3.63, 3.8) is 0 Å². The zero-order valence-electron chi connectivity index (χ0n) is 23.6. The number of carbonyl (C=O) groups is 3. The Morgan fingerprint density at radius 2 is 1.84 bits per heavy atom. The highest BCUT2D eigenvalue weighted by Gasteiger charge is 2.67. The van der Waals surface area contributed by atoms with Gasteiger partial charge in [-0.15, -0.1) is 0 Å². The molecule has 1 aliphatic heterocycles. The van der Waals surface area contributed by atoms with Gasteiger partial charge in [-0.05, 0) is 92.4 Å². The van der Waals surface area contributed by atoms with E-state index >= 15 is 0 Å². The van der Waals surface area contributed by atoms with E-state index in [2.05, 4.69) is 27.7 Å². The third-order valence-electron chi connectivity index (χ3n) is 11.5. The minimum absolute atomic E-state index is 0.0406. The number of fused-ring (bicyclic) bond motifs is 7. The molecule has 0 unspecified atom stereocenters. The summed E-state index contributed by atoms with van der Waals surface area (Å²) in [4.78, 5) is 36.8. The van der Waals surface area contributed by atoms with Crippen LogP contribution >= 0.6 is 0 Å². The van der Waals surface area contributed by atoms with Crippen LogP contribution in [0, 0.1) is 46.3 Å². The van der Waals surface area contributed by atoms with Crippen molar-refractivity contribution in [1.82, 2.24) is 0 Å². The molecule has 0 radical (unpaired) electrons. The van der Waals surface area contributed by atoms with E-state index in [4.69, 9.17) is 14.2 Å². The lowest BCUT2D eigenvalue weighted by Crippen LogP contribution is -2.57. The van der Waals surface area contributed by atoms with Gasteiger partial charge < -0.3 is 14.2 Å². The Balaban J connectivity index is 1.30. The maximum atomic E-state index is 14.1. The summed E-state index contributed by atoms with van der Waals surface area (Å²) in [6.07, 6.45) is 8.83. The summed E-state index contributed by atoms with van der Waals surface area (Å²) in [5.74, 6) is 3.49. The highest BCUT2D eigenvalue weighted by Crippen LogP contribution is 2.68. The first-order valence-corrected chi connectivity index (χ1v) is 14.6. The average Bonchev–Trinajstić information content (AvgIpc) is 3.31. The Hall–Kier alpha value is -1.85. The number of allylic oxidation sites excluding steroid dienone is 1. The normalized spacial score (nSPS) is 43.2. The molecule has 5 aliphatic rings. The maximum absolute atomic E-state index is 14.1.